The van der Waals surface area contributed by atoms with Crippen LogP contribution in [0, 0.1) is 11.8 Å². The number of rotatable bonds is 6. The Morgan fingerprint density at radius 3 is 2.97 bits per heavy atom. The van der Waals surface area contributed by atoms with E-state index >= 15 is 0 Å². The van der Waals surface area contributed by atoms with Crippen LogP contribution < -0.4 is 0 Å². The van der Waals surface area contributed by atoms with Crippen LogP contribution in [0.5, 0.6) is 0 Å². The maximum Gasteiger partial charge on any atom is 0.277 e. The number of carbonyl (C=O) groups is 1. The highest BCUT2D eigenvalue weighted by Crippen LogP contribution is 2.32. The van der Waals surface area contributed by atoms with E-state index in [0.717, 1.165) is 55.7 Å². The van der Waals surface area contributed by atoms with Crippen molar-refractivity contribution in [3.8, 4) is 0 Å². The molecule has 0 bridgehead atoms. The molecule has 5 rings (SSSR count). The lowest BCUT2D eigenvalue weighted by atomic mass is 9.80. The van der Waals surface area contributed by atoms with Crippen molar-refractivity contribution >= 4 is 46.0 Å². The molecule has 5 nitrogen and oxygen atoms in total. The van der Waals surface area contributed by atoms with E-state index in [9.17, 15) is 4.79 Å². The first-order chi connectivity index (χ1) is 16.2. The topological polar surface area (TPSA) is 58.5 Å². The fourth-order valence-electron chi connectivity index (χ4n) is 5.17. The molecule has 1 aliphatic carbocycles. The van der Waals surface area contributed by atoms with E-state index in [1.807, 2.05) is 36.5 Å². The van der Waals surface area contributed by atoms with Crippen LogP contribution in [0.1, 0.15) is 59.5 Å². The number of carbonyl (C=O) groups excluding carboxylic acids is 1. The number of thiazole rings is 1. The SMILES string of the molecule is O=C(N=CC1CCC(CCCN2CCc3sc(Cl)nc3C2)CC1)c1cccc2ncccc12. The highest BCUT2D eigenvalue weighted by atomic mass is 35.5. The standard InChI is InChI=1S/C26H29ClN4OS/c27-26-30-23-17-31(15-12-24(23)33-26)14-3-4-18-8-10-19(11-9-18)16-29-25(32)21-5-1-7-22-20(21)6-2-13-28-22/h1-2,5-7,13,16,18-19H,3-4,8-12,14-15,17H2. The van der Waals surface area contributed by atoms with Crippen LogP contribution >= 0.6 is 22.9 Å². The first kappa shape index (κ1) is 22.6. The molecule has 0 spiro atoms. The zero-order valence-corrected chi connectivity index (χ0v) is 20.3. The third kappa shape index (κ3) is 5.51. The molecule has 1 aromatic carbocycles. The zero-order valence-electron chi connectivity index (χ0n) is 18.8. The van der Waals surface area contributed by atoms with Gasteiger partial charge in [0.25, 0.3) is 5.91 Å². The summed E-state index contributed by atoms with van der Waals surface area (Å²) < 4.78 is 0.679. The number of pyridine rings is 1. The van der Waals surface area contributed by atoms with Gasteiger partial charge in [-0.15, -0.1) is 11.3 Å². The molecule has 1 aliphatic heterocycles. The summed E-state index contributed by atoms with van der Waals surface area (Å²) in [5.41, 5.74) is 2.65. The zero-order chi connectivity index (χ0) is 22.6. The van der Waals surface area contributed by atoms with Gasteiger partial charge >= 0.3 is 0 Å². The average Bonchev–Trinajstić information content (AvgIpc) is 3.22. The van der Waals surface area contributed by atoms with Crippen molar-refractivity contribution in [1.29, 1.82) is 0 Å². The van der Waals surface area contributed by atoms with Gasteiger partial charge < -0.3 is 0 Å². The number of nitrogens with zero attached hydrogens (tertiary/aromatic N) is 4. The largest absolute Gasteiger partial charge is 0.297 e. The van der Waals surface area contributed by atoms with Crippen molar-refractivity contribution in [2.24, 2.45) is 16.8 Å². The number of amides is 1. The quantitative estimate of drug-likeness (QED) is 0.394. The summed E-state index contributed by atoms with van der Waals surface area (Å²) in [5.74, 6) is 1.04. The third-order valence-corrected chi connectivity index (χ3v) is 8.30. The Hall–Kier alpha value is -2.15. The van der Waals surface area contributed by atoms with Gasteiger partial charge in [-0.1, -0.05) is 23.7 Å². The van der Waals surface area contributed by atoms with E-state index in [0.29, 0.717) is 15.9 Å². The van der Waals surface area contributed by atoms with E-state index in [4.69, 9.17) is 11.6 Å². The summed E-state index contributed by atoms with van der Waals surface area (Å²) in [7, 11) is 0. The van der Waals surface area contributed by atoms with Crippen molar-refractivity contribution in [1.82, 2.24) is 14.9 Å². The van der Waals surface area contributed by atoms with Gasteiger partial charge in [0.05, 0.1) is 16.8 Å². The maximum atomic E-state index is 12.7. The maximum absolute atomic E-state index is 12.7. The number of hydrogen-bond donors (Lipinski definition) is 0. The first-order valence-corrected chi connectivity index (χ1v) is 13.1. The minimum Gasteiger partial charge on any atom is -0.297 e. The summed E-state index contributed by atoms with van der Waals surface area (Å²) in [6.45, 7) is 3.21. The number of halogens is 1. The van der Waals surface area contributed by atoms with Crippen molar-refractivity contribution < 1.29 is 4.79 Å². The lowest BCUT2D eigenvalue weighted by molar-refractivity contribution is 0.100. The second kappa shape index (κ2) is 10.4. The van der Waals surface area contributed by atoms with E-state index in [1.54, 1.807) is 17.5 Å². The molecule has 1 fully saturated rings. The molecule has 2 aromatic heterocycles. The smallest absolute Gasteiger partial charge is 0.277 e. The Balaban J connectivity index is 1.06. The molecular formula is C26H29ClN4OS. The highest BCUT2D eigenvalue weighted by Gasteiger charge is 2.22. The molecule has 0 unspecified atom stereocenters. The molecule has 0 atom stereocenters. The molecular weight excluding hydrogens is 452 g/mol. The van der Waals surface area contributed by atoms with Crippen LogP contribution in [0.15, 0.2) is 41.5 Å². The second-order valence-electron chi connectivity index (χ2n) is 9.24. The molecule has 7 heteroatoms. The van der Waals surface area contributed by atoms with Gasteiger partial charge in [0.1, 0.15) is 0 Å². The van der Waals surface area contributed by atoms with E-state index < -0.39 is 0 Å². The van der Waals surface area contributed by atoms with Gasteiger partial charge in [-0.3, -0.25) is 14.7 Å². The predicted octanol–water partition coefficient (Wildman–Crippen LogP) is 6.20. The van der Waals surface area contributed by atoms with Crippen molar-refractivity contribution in [3.63, 3.8) is 0 Å². The number of hydrogen-bond acceptors (Lipinski definition) is 5. The number of aliphatic imine (C=N–C) groups is 1. The van der Waals surface area contributed by atoms with Crippen LogP contribution in [-0.2, 0) is 13.0 Å². The molecule has 3 heterocycles. The third-order valence-electron chi connectivity index (χ3n) is 7.04. The molecule has 0 saturated heterocycles. The average molecular weight is 481 g/mol. The summed E-state index contributed by atoms with van der Waals surface area (Å²) in [5, 5.41) is 0.869. The van der Waals surface area contributed by atoms with E-state index in [-0.39, 0.29) is 5.91 Å². The molecule has 2 aliphatic rings. The van der Waals surface area contributed by atoms with Gasteiger partial charge in [0, 0.05) is 35.8 Å². The van der Waals surface area contributed by atoms with Gasteiger partial charge in [-0.25, -0.2) is 9.98 Å². The summed E-state index contributed by atoms with van der Waals surface area (Å²) in [6.07, 6.45) is 12.0. The first-order valence-electron chi connectivity index (χ1n) is 11.9. The Bertz CT molecular complexity index is 1150. The molecule has 0 N–H and O–H groups in total. The molecule has 3 aromatic rings. The van der Waals surface area contributed by atoms with Gasteiger partial charge in [-0.2, -0.15) is 0 Å². The van der Waals surface area contributed by atoms with E-state index in [2.05, 4.69) is 19.9 Å². The Kier molecular flexibility index (Phi) is 7.14. The van der Waals surface area contributed by atoms with Crippen molar-refractivity contribution in [2.75, 3.05) is 13.1 Å². The Morgan fingerprint density at radius 1 is 1.21 bits per heavy atom. The Labute approximate surface area is 203 Å². The lowest BCUT2D eigenvalue weighted by Crippen LogP contribution is -2.31. The van der Waals surface area contributed by atoms with Crippen molar-refractivity contribution in [3.05, 3.63) is 57.1 Å². The van der Waals surface area contributed by atoms with Crippen LogP contribution in [0.25, 0.3) is 10.9 Å². The molecule has 172 valence electrons. The van der Waals surface area contributed by atoms with Crippen LogP contribution in [-0.4, -0.2) is 40.1 Å². The number of aromatic nitrogens is 2. The van der Waals surface area contributed by atoms with Crippen LogP contribution in [0.3, 0.4) is 0 Å². The van der Waals surface area contributed by atoms with Crippen LogP contribution in [0.4, 0.5) is 0 Å². The van der Waals surface area contributed by atoms with Gasteiger partial charge in [0.2, 0.25) is 0 Å². The van der Waals surface area contributed by atoms with Crippen LogP contribution in [0.2, 0.25) is 4.47 Å². The predicted molar refractivity (Wildman–Crippen MR) is 135 cm³/mol. The highest BCUT2D eigenvalue weighted by molar-refractivity contribution is 7.15. The minimum atomic E-state index is -0.165. The number of benzene rings is 1. The fraction of sp³-hybridized carbons (Fsp3) is 0.462. The monoisotopic (exact) mass is 480 g/mol. The molecule has 1 saturated carbocycles. The fourth-order valence-corrected chi connectivity index (χ4v) is 6.34. The summed E-state index contributed by atoms with van der Waals surface area (Å²) in [6, 6.07) is 9.44. The van der Waals surface area contributed by atoms with Gasteiger partial charge in [0.15, 0.2) is 4.47 Å². The minimum absolute atomic E-state index is 0.165. The molecule has 33 heavy (non-hydrogen) atoms. The summed E-state index contributed by atoms with van der Waals surface area (Å²) in [4.78, 5) is 29.7. The summed E-state index contributed by atoms with van der Waals surface area (Å²) >= 11 is 7.71. The lowest BCUT2D eigenvalue weighted by Gasteiger charge is -2.29. The van der Waals surface area contributed by atoms with E-state index in [1.165, 1.54) is 36.3 Å². The number of fused-ring (bicyclic) bond motifs is 2. The molecule has 0 radical (unpaired) electrons. The van der Waals surface area contributed by atoms with Gasteiger partial charge in [-0.05, 0) is 81.5 Å². The normalized spacial score (nSPS) is 21.5. The molecule has 1 amide bonds. The Morgan fingerprint density at radius 2 is 2.09 bits per heavy atom. The van der Waals surface area contributed by atoms with Crippen molar-refractivity contribution in [2.45, 2.75) is 51.5 Å². The second-order valence-corrected chi connectivity index (χ2v) is 10.9.